The molecule has 0 radical (unpaired) electrons. The summed E-state index contributed by atoms with van der Waals surface area (Å²) in [6.07, 6.45) is 1.48. The summed E-state index contributed by atoms with van der Waals surface area (Å²) in [5.74, 6) is -1.27. The van der Waals surface area contributed by atoms with Gasteiger partial charge in [-0.05, 0) is 0 Å². The van der Waals surface area contributed by atoms with Gasteiger partial charge in [0.05, 0.1) is 20.3 Å². The van der Waals surface area contributed by atoms with Crippen LogP contribution in [0.15, 0.2) is 12.2 Å². The van der Waals surface area contributed by atoms with Crippen LogP contribution in [0.2, 0.25) is 0 Å². The normalized spacial score (nSPS) is 10.8. The average molecular weight is 232 g/mol. The molecule has 0 heterocycles. The lowest BCUT2D eigenvalue weighted by Gasteiger charge is -2.14. The number of methoxy groups -OCH3 is 3. The largest absolute Gasteiger partial charge is 0.466 e. The van der Waals surface area contributed by atoms with Gasteiger partial charge in [-0.3, -0.25) is 0 Å². The van der Waals surface area contributed by atoms with Gasteiger partial charge in [-0.1, -0.05) is 0 Å². The van der Waals surface area contributed by atoms with E-state index in [-0.39, 0.29) is 13.2 Å². The first-order chi connectivity index (χ1) is 7.63. The molecule has 92 valence electrons. The van der Waals surface area contributed by atoms with Gasteiger partial charge in [0.15, 0.2) is 0 Å². The van der Waals surface area contributed by atoms with Gasteiger partial charge in [0.2, 0.25) is 0 Å². The Hall–Kier alpha value is -1.40. The van der Waals surface area contributed by atoms with Gasteiger partial charge >= 0.3 is 11.9 Å². The van der Waals surface area contributed by atoms with Gasteiger partial charge in [0, 0.05) is 26.4 Å². The number of carbonyl (C=O) groups excluding carboxylic acids is 2. The topological polar surface area (TPSA) is 71.1 Å². The zero-order valence-electron chi connectivity index (χ0n) is 9.60. The number of hydrogen-bond donors (Lipinski definition) is 0. The zero-order chi connectivity index (χ0) is 12.4. The fraction of sp³-hybridized carbons (Fsp3) is 0.600. The number of rotatable bonds is 7. The summed E-state index contributed by atoms with van der Waals surface area (Å²) < 4.78 is 18.9. The van der Waals surface area contributed by atoms with Crippen molar-refractivity contribution in [2.45, 2.75) is 6.10 Å². The lowest BCUT2D eigenvalue weighted by molar-refractivity contribution is -0.149. The second-order valence-corrected chi connectivity index (χ2v) is 2.83. The molecule has 6 nitrogen and oxygen atoms in total. The third-order valence-electron chi connectivity index (χ3n) is 1.54. The van der Waals surface area contributed by atoms with E-state index >= 15 is 0 Å². The SMILES string of the molecule is COCC(COC)OC(=O)/C=C/C(=O)OC. The molecule has 0 saturated heterocycles. The minimum absolute atomic E-state index is 0.228. The first kappa shape index (κ1) is 14.6. The quantitative estimate of drug-likeness (QED) is 0.451. The molecule has 0 fully saturated rings. The second-order valence-electron chi connectivity index (χ2n) is 2.83. The fourth-order valence-corrected chi connectivity index (χ4v) is 0.896. The Bertz CT molecular complexity index is 242. The highest BCUT2D eigenvalue weighted by Gasteiger charge is 2.12. The van der Waals surface area contributed by atoms with E-state index in [1.807, 2.05) is 0 Å². The predicted octanol–water partition coefficient (Wildman–Crippen LogP) is -0.0798. The minimum Gasteiger partial charge on any atom is -0.466 e. The predicted molar refractivity (Wildman–Crippen MR) is 54.8 cm³/mol. The van der Waals surface area contributed by atoms with Crippen molar-refractivity contribution in [3.63, 3.8) is 0 Å². The van der Waals surface area contributed by atoms with E-state index in [2.05, 4.69) is 4.74 Å². The van der Waals surface area contributed by atoms with Crippen molar-refractivity contribution in [3.05, 3.63) is 12.2 Å². The maximum absolute atomic E-state index is 11.2. The summed E-state index contributed by atoms with van der Waals surface area (Å²) in [5.41, 5.74) is 0. The molecule has 0 unspecified atom stereocenters. The van der Waals surface area contributed by atoms with E-state index in [9.17, 15) is 9.59 Å². The molecule has 0 bridgehead atoms. The maximum Gasteiger partial charge on any atom is 0.331 e. The van der Waals surface area contributed by atoms with E-state index in [0.717, 1.165) is 12.2 Å². The highest BCUT2D eigenvalue weighted by molar-refractivity contribution is 5.91. The molecule has 0 saturated carbocycles. The number of carbonyl (C=O) groups is 2. The molecular formula is C10H16O6. The summed E-state index contributed by atoms with van der Waals surface area (Å²) >= 11 is 0. The maximum atomic E-state index is 11.2. The zero-order valence-corrected chi connectivity index (χ0v) is 9.60. The smallest absolute Gasteiger partial charge is 0.331 e. The second kappa shape index (κ2) is 8.87. The van der Waals surface area contributed by atoms with Gasteiger partial charge in [0.25, 0.3) is 0 Å². The highest BCUT2D eigenvalue weighted by Crippen LogP contribution is 1.96. The number of hydrogen-bond acceptors (Lipinski definition) is 6. The summed E-state index contributed by atoms with van der Waals surface area (Å²) in [6, 6.07) is 0. The minimum atomic E-state index is -0.649. The molecule has 0 N–H and O–H groups in total. The van der Waals surface area contributed by atoms with E-state index in [1.165, 1.54) is 21.3 Å². The van der Waals surface area contributed by atoms with Crippen LogP contribution in [0.5, 0.6) is 0 Å². The van der Waals surface area contributed by atoms with E-state index < -0.39 is 18.0 Å². The molecule has 0 aliphatic carbocycles. The lowest BCUT2D eigenvalue weighted by Crippen LogP contribution is -2.26. The van der Waals surface area contributed by atoms with Gasteiger partial charge < -0.3 is 18.9 Å². The van der Waals surface area contributed by atoms with Crippen LogP contribution in [0.1, 0.15) is 0 Å². The summed E-state index contributed by atoms with van der Waals surface area (Å²) in [7, 11) is 4.19. The van der Waals surface area contributed by atoms with Crippen LogP contribution in [0.25, 0.3) is 0 Å². The lowest BCUT2D eigenvalue weighted by atomic mass is 10.4. The van der Waals surface area contributed by atoms with E-state index in [1.54, 1.807) is 0 Å². The molecule has 0 aromatic rings. The summed E-state index contributed by atoms with van der Waals surface area (Å²) in [5, 5.41) is 0. The Morgan fingerprint density at radius 1 is 1.00 bits per heavy atom. The van der Waals surface area contributed by atoms with Gasteiger partial charge in [-0.25, -0.2) is 9.59 Å². The molecule has 0 aromatic heterocycles. The Morgan fingerprint density at radius 2 is 1.50 bits per heavy atom. The van der Waals surface area contributed by atoms with E-state index in [0.29, 0.717) is 0 Å². The molecule has 0 aliphatic heterocycles. The van der Waals surface area contributed by atoms with Gasteiger partial charge in [0.1, 0.15) is 6.10 Å². The van der Waals surface area contributed by atoms with Crippen LogP contribution in [0.3, 0.4) is 0 Å². The highest BCUT2D eigenvalue weighted by atomic mass is 16.6. The van der Waals surface area contributed by atoms with E-state index in [4.69, 9.17) is 14.2 Å². The van der Waals surface area contributed by atoms with Gasteiger partial charge in [-0.2, -0.15) is 0 Å². The molecule has 0 rings (SSSR count). The van der Waals surface area contributed by atoms with Crippen molar-refractivity contribution >= 4 is 11.9 Å². The Morgan fingerprint density at radius 3 is 1.94 bits per heavy atom. The summed E-state index contributed by atoms with van der Waals surface area (Å²) in [6.45, 7) is 0.456. The third kappa shape index (κ3) is 6.97. The molecule has 6 heteroatoms. The number of esters is 2. The summed E-state index contributed by atoms with van der Waals surface area (Å²) in [4.78, 5) is 21.9. The van der Waals surface area contributed by atoms with Crippen molar-refractivity contribution in [1.82, 2.24) is 0 Å². The standard InChI is InChI=1S/C10H16O6/c1-13-6-8(7-14-2)16-10(12)5-4-9(11)15-3/h4-5,8H,6-7H2,1-3H3/b5-4+. The average Bonchev–Trinajstić information content (AvgIpc) is 2.26. The Kier molecular flexibility index (Phi) is 8.10. The van der Waals surface area contributed by atoms with Crippen LogP contribution in [0.4, 0.5) is 0 Å². The van der Waals surface area contributed by atoms with Crippen LogP contribution >= 0.6 is 0 Å². The molecular weight excluding hydrogens is 216 g/mol. The van der Waals surface area contributed by atoms with Gasteiger partial charge in [-0.15, -0.1) is 0 Å². The van der Waals surface area contributed by atoms with Crippen molar-refractivity contribution in [3.8, 4) is 0 Å². The van der Waals surface area contributed by atoms with Crippen LogP contribution in [0, 0.1) is 0 Å². The Labute approximate surface area is 94.1 Å². The fourth-order valence-electron chi connectivity index (χ4n) is 0.896. The third-order valence-corrected chi connectivity index (χ3v) is 1.54. The van der Waals surface area contributed by atoms with Crippen LogP contribution in [-0.2, 0) is 28.5 Å². The van der Waals surface area contributed by atoms with Crippen molar-refractivity contribution in [2.75, 3.05) is 34.5 Å². The Balaban J connectivity index is 4.08. The van der Waals surface area contributed by atoms with Crippen LogP contribution in [-0.4, -0.2) is 52.6 Å². The monoisotopic (exact) mass is 232 g/mol. The molecule has 0 atom stereocenters. The molecule has 0 spiro atoms. The van der Waals surface area contributed by atoms with Crippen molar-refractivity contribution < 1.29 is 28.5 Å². The molecule has 0 aliphatic rings. The molecule has 0 aromatic carbocycles. The molecule has 0 amide bonds. The van der Waals surface area contributed by atoms with Crippen molar-refractivity contribution in [2.24, 2.45) is 0 Å². The first-order valence-electron chi connectivity index (χ1n) is 4.58. The molecule has 16 heavy (non-hydrogen) atoms. The van der Waals surface area contributed by atoms with Crippen LogP contribution < -0.4 is 0 Å². The van der Waals surface area contributed by atoms with Crippen molar-refractivity contribution in [1.29, 1.82) is 0 Å². The first-order valence-corrected chi connectivity index (χ1v) is 4.58. The number of ether oxygens (including phenoxy) is 4.